The second-order valence-electron chi connectivity index (χ2n) is 6.07. The van der Waals surface area contributed by atoms with E-state index in [9.17, 15) is 4.79 Å². The first-order valence-corrected chi connectivity index (χ1v) is 7.64. The minimum absolute atomic E-state index is 0.281. The molecule has 1 fully saturated rings. The molecule has 0 aromatic heterocycles. The van der Waals surface area contributed by atoms with E-state index in [-0.39, 0.29) is 11.9 Å². The molecule has 0 aliphatic heterocycles. The lowest BCUT2D eigenvalue weighted by atomic mass is 10.00. The maximum atomic E-state index is 12.1. The summed E-state index contributed by atoms with van der Waals surface area (Å²) in [5.74, 6) is 2.66. The summed E-state index contributed by atoms with van der Waals surface area (Å²) in [7, 11) is 1.60. The lowest BCUT2D eigenvalue weighted by Crippen LogP contribution is -2.11. The Hall–Kier alpha value is -2.29. The van der Waals surface area contributed by atoms with Gasteiger partial charge in [-0.3, -0.25) is 0 Å². The normalized spacial score (nSPS) is 30.3. The smallest absolute Gasteiger partial charge is 0.338 e. The Morgan fingerprint density at radius 2 is 1.68 bits per heavy atom. The Kier molecular flexibility index (Phi) is 3.14. The molecule has 0 radical (unpaired) electrons. The SMILES string of the molecule is COc1ccc(C(=O)OCC2=CC3[C@@H]4C=CC2C=C[C@@H]34)cc1. The Morgan fingerprint density at radius 1 is 1.00 bits per heavy atom. The third-order valence-electron chi connectivity index (χ3n) is 4.80. The van der Waals surface area contributed by atoms with Gasteiger partial charge in [-0.2, -0.15) is 0 Å². The Labute approximate surface area is 129 Å². The molecule has 22 heavy (non-hydrogen) atoms. The van der Waals surface area contributed by atoms with E-state index in [1.54, 1.807) is 31.4 Å². The minimum Gasteiger partial charge on any atom is -0.497 e. The van der Waals surface area contributed by atoms with Gasteiger partial charge in [0.1, 0.15) is 12.4 Å². The molecule has 2 atom stereocenters. The Balaban J connectivity index is 1.43. The summed E-state index contributed by atoms with van der Waals surface area (Å²) < 4.78 is 10.6. The van der Waals surface area contributed by atoms with Crippen molar-refractivity contribution in [1.82, 2.24) is 0 Å². The number of ether oxygens (including phenoxy) is 2. The van der Waals surface area contributed by atoms with E-state index in [4.69, 9.17) is 9.47 Å². The molecule has 112 valence electrons. The van der Waals surface area contributed by atoms with Crippen LogP contribution in [0.2, 0.25) is 0 Å². The van der Waals surface area contributed by atoms with Gasteiger partial charge < -0.3 is 9.47 Å². The van der Waals surface area contributed by atoms with Crippen molar-refractivity contribution in [3.05, 3.63) is 65.8 Å². The molecule has 3 nitrogen and oxygen atoms in total. The summed E-state index contributed by atoms with van der Waals surface area (Å²) in [5, 5.41) is 0. The molecule has 3 heteroatoms. The first kappa shape index (κ1) is 13.4. The van der Waals surface area contributed by atoms with E-state index >= 15 is 0 Å². The van der Waals surface area contributed by atoms with Crippen LogP contribution in [0.3, 0.4) is 0 Å². The zero-order chi connectivity index (χ0) is 15.1. The van der Waals surface area contributed by atoms with E-state index in [1.807, 2.05) is 0 Å². The van der Waals surface area contributed by atoms with Crippen molar-refractivity contribution in [2.24, 2.45) is 23.7 Å². The van der Waals surface area contributed by atoms with Crippen LogP contribution in [0.25, 0.3) is 0 Å². The number of hydrogen-bond acceptors (Lipinski definition) is 3. The van der Waals surface area contributed by atoms with Gasteiger partial charge in [-0.05, 0) is 47.6 Å². The number of carbonyl (C=O) groups excluding carboxylic acids is 1. The summed E-state index contributed by atoms with van der Waals surface area (Å²) in [6, 6.07) is 6.99. The number of esters is 1. The molecule has 5 rings (SSSR count). The highest BCUT2D eigenvalue weighted by Crippen LogP contribution is 2.54. The summed E-state index contributed by atoms with van der Waals surface area (Å²) in [5.41, 5.74) is 1.75. The molecule has 4 aliphatic rings. The van der Waals surface area contributed by atoms with Crippen LogP contribution in [0.1, 0.15) is 10.4 Å². The topological polar surface area (TPSA) is 35.5 Å². The zero-order valence-electron chi connectivity index (χ0n) is 12.4. The van der Waals surface area contributed by atoms with Crippen LogP contribution in [-0.2, 0) is 4.74 Å². The highest BCUT2D eigenvalue weighted by atomic mass is 16.5. The van der Waals surface area contributed by atoms with Crippen molar-refractivity contribution in [3.63, 3.8) is 0 Å². The summed E-state index contributed by atoms with van der Waals surface area (Å²) in [6.07, 6.45) is 11.4. The van der Waals surface area contributed by atoms with E-state index in [0.717, 1.165) is 5.75 Å². The fourth-order valence-electron chi connectivity index (χ4n) is 3.39. The van der Waals surface area contributed by atoms with E-state index in [0.29, 0.717) is 29.9 Å². The van der Waals surface area contributed by atoms with Crippen LogP contribution in [0.15, 0.2) is 60.2 Å². The molecule has 1 aromatic carbocycles. The second kappa shape index (κ2) is 5.16. The maximum Gasteiger partial charge on any atom is 0.338 e. The van der Waals surface area contributed by atoms with Gasteiger partial charge in [-0.1, -0.05) is 30.4 Å². The molecule has 0 heterocycles. The molecule has 4 aliphatic carbocycles. The maximum absolute atomic E-state index is 12.1. The van der Waals surface area contributed by atoms with E-state index in [1.165, 1.54) is 5.57 Å². The van der Waals surface area contributed by atoms with Gasteiger partial charge in [-0.15, -0.1) is 0 Å². The predicted octanol–water partition coefficient (Wildman–Crippen LogP) is 3.40. The number of carbonyl (C=O) groups is 1. The Morgan fingerprint density at radius 3 is 2.32 bits per heavy atom. The number of methoxy groups -OCH3 is 1. The standard InChI is InChI=1S/C19H18O3/c1-21-15-6-2-13(3-7-15)19(20)22-11-14-10-18-16-8-4-12(14)5-9-17(16)18/h2-10,12,16-18H,11H2,1H3/t12?,16-,17-,18?/m1/s1. The molecular formula is C19H18O3. The summed E-state index contributed by atoms with van der Waals surface area (Å²) in [6.45, 7) is 0.361. The fourth-order valence-corrected chi connectivity index (χ4v) is 3.39. The van der Waals surface area contributed by atoms with Crippen molar-refractivity contribution >= 4 is 5.97 Å². The van der Waals surface area contributed by atoms with Crippen molar-refractivity contribution in [1.29, 1.82) is 0 Å². The van der Waals surface area contributed by atoms with Crippen LogP contribution >= 0.6 is 0 Å². The van der Waals surface area contributed by atoms with Gasteiger partial charge in [0.2, 0.25) is 0 Å². The lowest BCUT2D eigenvalue weighted by molar-refractivity contribution is 0.0535. The van der Waals surface area contributed by atoms with Crippen LogP contribution < -0.4 is 4.74 Å². The molecule has 0 saturated heterocycles. The summed E-state index contributed by atoms with van der Waals surface area (Å²) in [4.78, 5) is 12.1. The highest BCUT2D eigenvalue weighted by Gasteiger charge is 2.47. The zero-order valence-corrected chi connectivity index (χ0v) is 12.4. The van der Waals surface area contributed by atoms with Crippen molar-refractivity contribution in [3.8, 4) is 5.75 Å². The van der Waals surface area contributed by atoms with Crippen molar-refractivity contribution in [2.75, 3.05) is 13.7 Å². The highest BCUT2D eigenvalue weighted by molar-refractivity contribution is 5.89. The van der Waals surface area contributed by atoms with Crippen molar-refractivity contribution in [2.45, 2.75) is 0 Å². The summed E-state index contributed by atoms with van der Waals surface area (Å²) >= 11 is 0. The van der Waals surface area contributed by atoms with Crippen LogP contribution in [-0.4, -0.2) is 19.7 Å². The first-order chi connectivity index (χ1) is 10.8. The van der Waals surface area contributed by atoms with Crippen LogP contribution in [0.4, 0.5) is 0 Å². The predicted molar refractivity (Wildman–Crippen MR) is 83.6 cm³/mol. The minimum atomic E-state index is -0.289. The molecule has 0 unspecified atom stereocenters. The van der Waals surface area contributed by atoms with Gasteiger partial charge in [0, 0.05) is 5.92 Å². The van der Waals surface area contributed by atoms with Gasteiger partial charge in [0.05, 0.1) is 12.7 Å². The van der Waals surface area contributed by atoms with Crippen molar-refractivity contribution < 1.29 is 14.3 Å². The largest absolute Gasteiger partial charge is 0.497 e. The third-order valence-corrected chi connectivity index (χ3v) is 4.80. The molecular weight excluding hydrogens is 276 g/mol. The monoisotopic (exact) mass is 294 g/mol. The first-order valence-electron chi connectivity index (χ1n) is 7.64. The lowest BCUT2D eigenvalue weighted by Gasteiger charge is -2.13. The number of hydrogen-bond donors (Lipinski definition) is 0. The average Bonchev–Trinajstić information content (AvgIpc) is 3.30. The molecule has 0 amide bonds. The van der Waals surface area contributed by atoms with Gasteiger partial charge in [0.25, 0.3) is 0 Å². The third kappa shape index (κ3) is 2.27. The van der Waals surface area contributed by atoms with Crippen LogP contribution in [0, 0.1) is 23.7 Å². The molecule has 1 aromatic rings. The van der Waals surface area contributed by atoms with E-state index in [2.05, 4.69) is 30.4 Å². The fraction of sp³-hybridized carbons (Fsp3) is 0.316. The number of allylic oxidation sites excluding steroid dienone is 5. The number of rotatable bonds is 4. The van der Waals surface area contributed by atoms with Gasteiger partial charge in [-0.25, -0.2) is 4.79 Å². The van der Waals surface area contributed by atoms with Crippen LogP contribution in [0.5, 0.6) is 5.75 Å². The number of benzene rings is 1. The molecule has 1 saturated carbocycles. The second-order valence-corrected chi connectivity index (χ2v) is 6.07. The van der Waals surface area contributed by atoms with Gasteiger partial charge in [0.15, 0.2) is 0 Å². The molecule has 0 spiro atoms. The molecule has 4 bridgehead atoms. The Bertz CT molecular complexity index is 661. The quantitative estimate of drug-likeness (QED) is 0.630. The van der Waals surface area contributed by atoms with Gasteiger partial charge >= 0.3 is 5.97 Å². The van der Waals surface area contributed by atoms with E-state index < -0.39 is 0 Å². The molecule has 0 N–H and O–H groups in total. The average molecular weight is 294 g/mol.